The van der Waals surface area contributed by atoms with E-state index in [9.17, 15) is 14.4 Å². The van der Waals surface area contributed by atoms with Crippen LogP contribution in [0, 0.1) is 23.2 Å². The molecule has 0 spiro atoms. The number of carbonyl (C=O) groups excluding carboxylic acids is 3. The van der Waals surface area contributed by atoms with Crippen LogP contribution in [0.3, 0.4) is 0 Å². The second kappa shape index (κ2) is 11.0. The fourth-order valence-corrected chi connectivity index (χ4v) is 3.44. The van der Waals surface area contributed by atoms with E-state index in [4.69, 9.17) is 0 Å². The summed E-state index contributed by atoms with van der Waals surface area (Å²) in [6.45, 7) is 14.3. The number of hydrogen-bond donors (Lipinski definition) is 2. The first-order chi connectivity index (χ1) is 13.0. The van der Waals surface area contributed by atoms with Gasteiger partial charge in [0.1, 0.15) is 6.04 Å². The number of amides is 2. The zero-order chi connectivity index (χ0) is 21.5. The molecule has 5 heteroatoms. The Hall–Kier alpha value is -1.39. The van der Waals surface area contributed by atoms with Crippen LogP contribution in [0.4, 0.5) is 0 Å². The molecule has 28 heavy (non-hydrogen) atoms. The highest BCUT2D eigenvalue weighted by Gasteiger charge is 2.48. The monoisotopic (exact) mass is 394 g/mol. The average molecular weight is 395 g/mol. The van der Waals surface area contributed by atoms with Crippen molar-refractivity contribution in [2.24, 2.45) is 23.2 Å². The minimum atomic E-state index is -0.605. The van der Waals surface area contributed by atoms with Gasteiger partial charge in [0, 0.05) is 11.8 Å². The maximum Gasteiger partial charge on any atom is 0.243 e. The van der Waals surface area contributed by atoms with Gasteiger partial charge in [-0.2, -0.15) is 0 Å². The highest BCUT2D eigenvalue weighted by Crippen LogP contribution is 2.47. The molecule has 0 bridgehead atoms. The number of rotatable bonds is 13. The van der Waals surface area contributed by atoms with Crippen LogP contribution in [0.5, 0.6) is 0 Å². The lowest BCUT2D eigenvalue weighted by atomic mass is 9.90. The molecule has 2 amide bonds. The first-order valence-corrected chi connectivity index (χ1v) is 11.1. The highest BCUT2D eigenvalue weighted by molar-refractivity contribution is 5.96. The predicted molar refractivity (Wildman–Crippen MR) is 114 cm³/mol. The maximum atomic E-state index is 12.9. The molecule has 0 unspecified atom stereocenters. The van der Waals surface area contributed by atoms with E-state index in [1.807, 2.05) is 20.8 Å². The largest absolute Gasteiger partial charge is 0.344 e. The Morgan fingerprint density at radius 2 is 1.50 bits per heavy atom. The quantitative estimate of drug-likeness (QED) is 0.459. The third kappa shape index (κ3) is 8.32. The summed E-state index contributed by atoms with van der Waals surface area (Å²) in [6.07, 6.45) is 5.84. The van der Waals surface area contributed by atoms with Crippen LogP contribution >= 0.6 is 0 Å². The molecule has 1 rings (SSSR count). The van der Waals surface area contributed by atoms with Gasteiger partial charge in [0.2, 0.25) is 11.8 Å². The Balaban J connectivity index is 2.65. The van der Waals surface area contributed by atoms with Crippen LogP contribution in [0.25, 0.3) is 0 Å². The topological polar surface area (TPSA) is 75.3 Å². The fraction of sp³-hybridized carbons (Fsp3) is 0.870. The number of hydrogen-bond acceptors (Lipinski definition) is 3. The van der Waals surface area contributed by atoms with Gasteiger partial charge in [-0.1, -0.05) is 61.3 Å². The standard InChI is InChI=1S/C23H42N2O3/c1-15(2)10-8-9-11-19(26)25-20(17(5)6)22(28)24-18(14-16(3)4)21(27)23(7)12-13-23/h15-18,20H,8-14H2,1-7H3,(H,24,28)(H,25,26)/t18-,20-/m0/s1. The van der Waals surface area contributed by atoms with Crippen molar-refractivity contribution in [3.05, 3.63) is 0 Å². The summed E-state index contributed by atoms with van der Waals surface area (Å²) in [4.78, 5) is 38.1. The van der Waals surface area contributed by atoms with E-state index < -0.39 is 12.1 Å². The van der Waals surface area contributed by atoms with Gasteiger partial charge in [-0.3, -0.25) is 14.4 Å². The van der Waals surface area contributed by atoms with Crippen molar-refractivity contribution in [1.82, 2.24) is 10.6 Å². The van der Waals surface area contributed by atoms with E-state index in [1.54, 1.807) is 0 Å². The molecule has 162 valence electrons. The Kier molecular flexibility index (Phi) is 9.65. The molecule has 1 fully saturated rings. The molecule has 2 N–H and O–H groups in total. The summed E-state index contributed by atoms with van der Waals surface area (Å²) in [5.41, 5.74) is -0.278. The van der Waals surface area contributed by atoms with Crippen molar-refractivity contribution < 1.29 is 14.4 Å². The number of nitrogens with one attached hydrogen (secondary N) is 2. The Labute approximate surface area is 171 Å². The zero-order valence-corrected chi connectivity index (χ0v) is 19.1. The Morgan fingerprint density at radius 1 is 0.893 bits per heavy atom. The SMILES string of the molecule is CC(C)CCCCC(=O)N[C@H](C(=O)N[C@@H](CC(C)C)C(=O)C1(C)CC1)C(C)C. The molecule has 0 heterocycles. The highest BCUT2D eigenvalue weighted by atomic mass is 16.2. The predicted octanol–water partition coefficient (Wildman–Crippen LogP) is 4.24. The van der Waals surface area contributed by atoms with Gasteiger partial charge in [0.25, 0.3) is 0 Å². The van der Waals surface area contributed by atoms with Crippen LogP contribution in [-0.2, 0) is 14.4 Å². The van der Waals surface area contributed by atoms with Crippen molar-refractivity contribution in [3.63, 3.8) is 0 Å². The average Bonchev–Trinajstić information content (AvgIpc) is 3.33. The molecule has 0 aromatic rings. The van der Waals surface area contributed by atoms with Gasteiger partial charge in [-0.15, -0.1) is 0 Å². The minimum Gasteiger partial charge on any atom is -0.344 e. The molecule has 0 saturated heterocycles. The Bertz CT molecular complexity index is 536. The normalized spacial score (nSPS) is 17.5. The van der Waals surface area contributed by atoms with Crippen molar-refractivity contribution in [2.45, 2.75) is 105 Å². The third-order valence-corrected chi connectivity index (χ3v) is 5.64. The van der Waals surface area contributed by atoms with Crippen molar-refractivity contribution >= 4 is 17.6 Å². The smallest absolute Gasteiger partial charge is 0.243 e. The van der Waals surface area contributed by atoms with Gasteiger partial charge >= 0.3 is 0 Å². The molecular formula is C23H42N2O3. The van der Waals surface area contributed by atoms with Crippen LogP contribution in [0.2, 0.25) is 0 Å². The molecule has 5 nitrogen and oxygen atoms in total. The molecule has 1 aliphatic rings. The van der Waals surface area contributed by atoms with Gasteiger partial charge in [0.05, 0.1) is 6.04 Å². The Morgan fingerprint density at radius 3 is 1.96 bits per heavy atom. The summed E-state index contributed by atoms with van der Waals surface area (Å²) in [5, 5.41) is 5.85. The van der Waals surface area contributed by atoms with Crippen molar-refractivity contribution in [3.8, 4) is 0 Å². The second-order valence-electron chi connectivity index (χ2n) is 10.0. The number of ketones is 1. The van der Waals surface area contributed by atoms with Crippen LogP contribution < -0.4 is 10.6 Å². The molecule has 0 radical (unpaired) electrons. The number of carbonyl (C=O) groups is 3. The molecule has 0 aliphatic heterocycles. The van der Waals surface area contributed by atoms with Crippen molar-refractivity contribution in [2.75, 3.05) is 0 Å². The summed E-state index contributed by atoms with van der Waals surface area (Å²) < 4.78 is 0. The van der Waals surface area contributed by atoms with Crippen LogP contribution in [0.15, 0.2) is 0 Å². The van der Waals surface area contributed by atoms with E-state index >= 15 is 0 Å². The van der Waals surface area contributed by atoms with Gasteiger partial charge < -0.3 is 10.6 Å². The van der Waals surface area contributed by atoms with E-state index in [2.05, 4.69) is 38.3 Å². The van der Waals surface area contributed by atoms with Gasteiger partial charge in [0.15, 0.2) is 5.78 Å². The number of unbranched alkanes of at least 4 members (excludes halogenated alkanes) is 1. The van der Waals surface area contributed by atoms with Gasteiger partial charge in [-0.05, 0) is 43.4 Å². The van der Waals surface area contributed by atoms with Crippen LogP contribution in [0.1, 0.15) is 93.4 Å². The van der Waals surface area contributed by atoms with Crippen LogP contribution in [-0.4, -0.2) is 29.7 Å². The first-order valence-electron chi connectivity index (χ1n) is 11.1. The summed E-state index contributed by atoms with van der Waals surface area (Å²) in [7, 11) is 0. The lowest BCUT2D eigenvalue weighted by Crippen LogP contribution is -2.54. The summed E-state index contributed by atoms with van der Waals surface area (Å²) in [6, 6.07) is -1.07. The minimum absolute atomic E-state index is 0.0362. The third-order valence-electron chi connectivity index (χ3n) is 5.64. The second-order valence-corrected chi connectivity index (χ2v) is 10.0. The maximum absolute atomic E-state index is 12.9. The molecule has 1 saturated carbocycles. The lowest BCUT2D eigenvalue weighted by Gasteiger charge is -2.27. The van der Waals surface area contributed by atoms with E-state index in [0.717, 1.165) is 32.1 Å². The van der Waals surface area contributed by atoms with E-state index in [1.165, 1.54) is 0 Å². The number of Topliss-reactive ketones (excluding diaryl/α,β-unsaturated/α-hetero) is 1. The van der Waals surface area contributed by atoms with Crippen molar-refractivity contribution in [1.29, 1.82) is 0 Å². The fourth-order valence-electron chi connectivity index (χ4n) is 3.44. The molecule has 0 aromatic heterocycles. The zero-order valence-electron chi connectivity index (χ0n) is 19.1. The van der Waals surface area contributed by atoms with Gasteiger partial charge in [-0.25, -0.2) is 0 Å². The van der Waals surface area contributed by atoms with E-state index in [0.29, 0.717) is 24.7 Å². The molecule has 0 aromatic carbocycles. The summed E-state index contributed by atoms with van der Waals surface area (Å²) >= 11 is 0. The molecule has 1 aliphatic carbocycles. The first kappa shape index (κ1) is 24.6. The molecule has 2 atom stereocenters. The molecular weight excluding hydrogens is 352 g/mol. The summed E-state index contributed by atoms with van der Waals surface area (Å²) in [5.74, 6) is 0.723. The van der Waals surface area contributed by atoms with E-state index in [-0.39, 0.29) is 28.9 Å². The lowest BCUT2D eigenvalue weighted by molar-refractivity contribution is -0.134.